The van der Waals surface area contributed by atoms with E-state index in [0.29, 0.717) is 15.2 Å². The van der Waals surface area contributed by atoms with E-state index in [2.05, 4.69) is 20.2 Å². The lowest BCUT2D eigenvalue weighted by atomic mass is 9.49. The van der Waals surface area contributed by atoms with Crippen molar-refractivity contribution in [3.8, 4) is 5.69 Å². The molecule has 2 aromatic rings. The smallest absolute Gasteiger partial charge is 0.250 e. The number of hydrogen-bond donors (Lipinski definition) is 1. The number of hydrazone groups is 1. The molecule has 7 rings (SSSR count). The van der Waals surface area contributed by atoms with Crippen LogP contribution >= 0.6 is 35.0 Å². The lowest BCUT2D eigenvalue weighted by Crippen LogP contribution is -2.49. The highest BCUT2D eigenvalue weighted by molar-refractivity contribution is 7.99. The maximum Gasteiger partial charge on any atom is 0.250 e. The second-order valence-corrected chi connectivity index (χ2v) is 12.4. The van der Waals surface area contributed by atoms with Gasteiger partial charge in [0.25, 0.3) is 5.91 Å². The van der Waals surface area contributed by atoms with E-state index < -0.39 is 0 Å². The lowest BCUT2D eigenvalue weighted by Gasteiger charge is -2.56. The number of nitrogens with one attached hydrogen (secondary N) is 1. The zero-order valence-electron chi connectivity index (χ0n) is 19.1. The fourth-order valence-electron chi connectivity index (χ4n) is 7.17. The molecule has 0 atom stereocenters. The Hall–Kier alpha value is -1.57. The van der Waals surface area contributed by atoms with Crippen molar-refractivity contribution in [1.29, 1.82) is 0 Å². The van der Waals surface area contributed by atoms with E-state index in [0.717, 1.165) is 60.7 Å². The first-order valence-corrected chi connectivity index (χ1v) is 14.1. The second-order valence-electron chi connectivity index (χ2n) is 10.6. The number of nitrogens with zero attached hydrogens (tertiary/aromatic N) is 4. The van der Waals surface area contributed by atoms with Crippen LogP contribution < -0.4 is 5.43 Å². The molecule has 0 aliphatic heterocycles. The topological polar surface area (TPSA) is 72.2 Å². The first kappa shape index (κ1) is 22.9. The van der Waals surface area contributed by atoms with Crippen molar-refractivity contribution >= 4 is 46.6 Å². The summed E-state index contributed by atoms with van der Waals surface area (Å²) >= 11 is 14.3. The third-order valence-electron chi connectivity index (χ3n) is 8.15. The minimum absolute atomic E-state index is 0.0419. The largest absolute Gasteiger partial charge is 0.272 e. The molecule has 1 aromatic carbocycles. The molecular weight excluding hydrogens is 489 g/mol. The Kier molecular flexibility index (Phi) is 6.15. The van der Waals surface area contributed by atoms with E-state index in [-0.39, 0.29) is 17.1 Å². The summed E-state index contributed by atoms with van der Waals surface area (Å²) in [7, 11) is 0. The van der Waals surface area contributed by atoms with Crippen LogP contribution in [0.5, 0.6) is 0 Å². The summed E-state index contributed by atoms with van der Waals surface area (Å²) in [5.74, 6) is 3.46. The van der Waals surface area contributed by atoms with E-state index in [1.54, 1.807) is 6.07 Å². The Morgan fingerprint density at radius 2 is 1.76 bits per heavy atom. The summed E-state index contributed by atoms with van der Waals surface area (Å²) < 4.78 is 2.10. The summed E-state index contributed by atoms with van der Waals surface area (Å²) in [5, 5.41) is 15.5. The Bertz CT molecular complexity index is 1100. The van der Waals surface area contributed by atoms with Crippen molar-refractivity contribution < 1.29 is 4.79 Å². The van der Waals surface area contributed by atoms with Crippen molar-refractivity contribution in [3.05, 3.63) is 34.1 Å². The molecule has 1 aromatic heterocycles. The Morgan fingerprint density at radius 3 is 2.41 bits per heavy atom. The zero-order chi connectivity index (χ0) is 23.3. The molecule has 0 unspecified atom stereocenters. The molecule has 0 saturated heterocycles. The van der Waals surface area contributed by atoms with Crippen LogP contribution in [0.15, 0.2) is 28.5 Å². The first-order chi connectivity index (χ1) is 16.5. The van der Waals surface area contributed by atoms with Gasteiger partial charge >= 0.3 is 0 Å². The van der Waals surface area contributed by atoms with Crippen molar-refractivity contribution in [2.24, 2.45) is 22.9 Å². The van der Waals surface area contributed by atoms with E-state index in [1.165, 1.54) is 50.3 Å². The molecule has 5 fully saturated rings. The van der Waals surface area contributed by atoms with Gasteiger partial charge in [0.05, 0.1) is 16.5 Å². The van der Waals surface area contributed by atoms with Crippen LogP contribution in [0.25, 0.3) is 5.69 Å². The van der Waals surface area contributed by atoms with Crippen molar-refractivity contribution in [3.63, 3.8) is 0 Å². The van der Waals surface area contributed by atoms with Crippen molar-refractivity contribution in [2.45, 2.75) is 74.8 Å². The number of rotatable bonds is 6. The Morgan fingerprint density at radius 1 is 1.09 bits per heavy atom. The van der Waals surface area contributed by atoms with Crippen LogP contribution in [-0.4, -0.2) is 32.1 Å². The molecule has 0 radical (unpaired) electrons. The number of carbonyl (C=O) groups is 1. The third kappa shape index (κ3) is 4.28. The van der Waals surface area contributed by atoms with E-state index in [4.69, 9.17) is 28.3 Å². The number of halogens is 2. The first-order valence-electron chi connectivity index (χ1n) is 12.4. The highest BCUT2D eigenvalue weighted by Gasteiger charge is 2.54. The maximum atomic E-state index is 12.5. The molecule has 1 amide bonds. The predicted molar refractivity (Wildman–Crippen MR) is 136 cm³/mol. The molecule has 4 bridgehead atoms. The lowest BCUT2D eigenvalue weighted by molar-refractivity contribution is -0.118. The van der Waals surface area contributed by atoms with Crippen LogP contribution in [0.4, 0.5) is 0 Å². The van der Waals surface area contributed by atoms with Crippen LogP contribution in [0.1, 0.15) is 70.0 Å². The molecule has 9 heteroatoms. The monoisotopic (exact) mass is 517 g/mol. The van der Waals surface area contributed by atoms with Gasteiger partial charge in [-0.15, -0.1) is 10.2 Å². The SMILES string of the molecule is O=C(CSc1nnc(C23CC4CC(CC(C4)C2)C3)n1-c1ccc(Cl)cc1Cl)NN=C1CCCC1. The normalized spacial score (nSPS) is 29.6. The molecule has 6 nitrogen and oxygen atoms in total. The molecule has 1 N–H and O–H groups in total. The van der Waals surface area contributed by atoms with E-state index in [1.807, 2.05) is 12.1 Å². The molecule has 0 spiro atoms. The summed E-state index contributed by atoms with van der Waals surface area (Å²) in [6, 6.07) is 5.56. The summed E-state index contributed by atoms with van der Waals surface area (Å²) in [4.78, 5) is 12.5. The van der Waals surface area contributed by atoms with Gasteiger partial charge in [-0.2, -0.15) is 5.10 Å². The molecular formula is C25H29Cl2N5OS. The van der Waals surface area contributed by atoms with Crippen LogP contribution in [0.2, 0.25) is 10.0 Å². The Labute approximate surface area is 214 Å². The van der Waals surface area contributed by atoms with Crippen LogP contribution in [0, 0.1) is 17.8 Å². The van der Waals surface area contributed by atoms with Gasteiger partial charge < -0.3 is 0 Å². The maximum absolute atomic E-state index is 12.5. The highest BCUT2D eigenvalue weighted by atomic mass is 35.5. The van der Waals surface area contributed by atoms with Crippen molar-refractivity contribution in [1.82, 2.24) is 20.2 Å². The number of amides is 1. The average Bonchev–Trinajstić information content (AvgIpc) is 3.46. The minimum Gasteiger partial charge on any atom is -0.272 e. The molecule has 1 heterocycles. The number of thioether (sulfide) groups is 1. The number of carbonyl (C=O) groups excluding carboxylic acids is 1. The standard InChI is InChI=1S/C25H29Cl2N5OS/c26-18-5-6-21(20(27)10-18)32-23(25-11-15-7-16(12-25)9-17(8-15)13-25)30-31-24(32)34-14-22(33)29-28-19-3-1-2-4-19/h5-6,10,15-17H,1-4,7-9,11-14H2,(H,29,33). The van der Waals surface area contributed by atoms with Gasteiger partial charge in [0, 0.05) is 16.1 Å². The molecule has 180 valence electrons. The van der Waals surface area contributed by atoms with E-state index in [9.17, 15) is 4.79 Å². The predicted octanol–water partition coefficient (Wildman–Crippen LogP) is 6.18. The fraction of sp³-hybridized carbons (Fsp3) is 0.600. The van der Waals surface area contributed by atoms with Gasteiger partial charge in [-0.25, -0.2) is 5.43 Å². The number of hydrogen-bond acceptors (Lipinski definition) is 5. The molecule has 5 saturated carbocycles. The minimum atomic E-state index is -0.127. The number of aromatic nitrogens is 3. The average molecular weight is 519 g/mol. The quantitative estimate of drug-likeness (QED) is 0.366. The summed E-state index contributed by atoms with van der Waals surface area (Å²) in [5.41, 5.74) is 4.67. The summed E-state index contributed by atoms with van der Waals surface area (Å²) in [6.45, 7) is 0. The third-order valence-corrected chi connectivity index (χ3v) is 9.62. The zero-order valence-corrected chi connectivity index (χ0v) is 21.4. The van der Waals surface area contributed by atoms with Crippen LogP contribution in [0.3, 0.4) is 0 Å². The summed E-state index contributed by atoms with van der Waals surface area (Å²) in [6.07, 6.45) is 11.9. The highest BCUT2D eigenvalue weighted by Crippen LogP contribution is 2.60. The Balaban J connectivity index is 1.31. The second kappa shape index (κ2) is 9.14. The van der Waals surface area contributed by atoms with Gasteiger partial charge in [-0.05, 0) is 100 Å². The molecule has 34 heavy (non-hydrogen) atoms. The van der Waals surface area contributed by atoms with Gasteiger partial charge in [0.2, 0.25) is 0 Å². The molecule has 5 aliphatic rings. The van der Waals surface area contributed by atoms with Gasteiger partial charge in [0.15, 0.2) is 5.16 Å². The molecule has 5 aliphatic carbocycles. The van der Waals surface area contributed by atoms with Gasteiger partial charge in [0.1, 0.15) is 5.82 Å². The fourth-order valence-corrected chi connectivity index (χ4v) is 8.40. The van der Waals surface area contributed by atoms with Crippen LogP contribution in [-0.2, 0) is 10.2 Å². The van der Waals surface area contributed by atoms with Crippen molar-refractivity contribution in [2.75, 3.05) is 5.75 Å². The van der Waals surface area contributed by atoms with E-state index >= 15 is 0 Å². The van der Waals surface area contributed by atoms with Gasteiger partial charge in [-0.1, -0.05) is 35.0 Å². The number of benzene rings is 1. The van der Waals surface area contributed by atoms with Gasteiger partial charge in [-0.3, -0.25) is 9.36 Å².